The standard InChI is InChI=1S/C20H21N3O4/c1-5-13-16(12(4)24)11(3)21-17(13)19(25)22-23-20(26)18-10(2)14-8-6-7-9-15(14)27-18/h6-9,21H,5H2,1-4H3,(H,22,25)(H,23,26). The van der Waals surface area contributed by atoms with Crippen LogP contribution in [0, 0.1) is 13.8 Å². The molecule has 2 heterocycles. The number of carbonyl (C=O) groups is 3. The molecule has 0 saturated carbocycles. The summed E-state index contributed by atoms with van der Waals surface area (Å²) in [5, 5.41) is 0.841. The van der Waals surface area contributed by atoms with Gasteiger partial charge in [0.15, 0.2) is 11.5 Å². The Morgan fingerprint density at radius 3 is 2.37 bits per heavy atom. The molecule has 0 aliphatic rings. The van der Waals surface area contributed by atoms with Crippen LogP contribution in [0.2, 0.25) is 0 Å². The van der Waals surface area contributed by atoms with Crippen molar-refractivity contribution in [2.45, 2.75) is 34.1 Å². The summed E-state index contributed by atoms with van der Waals surface area (Å²) < 4.78 is 5.58. The quantitative estimate of drug-likeness (QED) is 0.486. The lowest BCUT2D eigenvalue weighted by molar-refractivity contribution is 0.0829. The second kappa shape index (κ2) is 7.11. The number of fused-ring (bicyclic) bond motifs is 1. The number of rotatable bonds is 4. The molecule has 7 heteroatoms. The Kier molecular flexibility index (Phi) is 4.85. The Bertz CT molecular complexity index is 1060. The summed E-state index contributed by atoms with van der Waals surface area (Å²) in [4.78, 5) is 39.7. The zero-order valence-electron chi connectivity index (χ0n) is 15.6. The molecular formula is C20H21N3O4. The Labute approximate surface area is 156 Å². The molecule has 2 aromatic heterocycles. The fourth-order valence-corrected chi connectivity index (χ4v) is 3.32. The molecule has 1 aromatic carbocycles. The van der Waals surface area contributed by atoms with Gasteiger partial charge in [0.1, 0.15) is 11.3 Å². The third-order valence-electron chi connectivity index (χ3n) is 4.56. The van der Waals surface area contributed by atoms with Crippen LogP contribution in [0.3, 0.4) is 0 Å². The summed E-state index contributed by atoms with van der Waals surface area (Å²) in [5.41, 5.74) is 8.09. The summed E-state index contributed by atoms with van der Waals surface area (Å²) in [7, 11) is 0. The number of aromatic nitrogens is 1. The number of benzene rings is 1. The van der Waals surface area contributed by atoms with Crippen molar-refractivity contribution in [2.24, 2.45) is 0 Å². The van der Waals surface area contributed by atoms with Crippen molar-refractivity contribution in [3.05, 3.63) is 58.1 Å². The highest BCUT2D eigenvalue weighted by Crippen LogP contribution is 2.24. The molecule has 140 valence electrons. The van der Waals surface area contributed by atoms with E-state index in [4.69, 9.17) is 4.42 Å². The number of nitrogens with one attached hydrogen (secondary N) is 3. The first kappa shape index (κ1) is 18.4. The number of furan rings is 1. The van der Waals surface area contributed by atoms with Crippen molar-refractivity contribution in [1.82, 2.24) is 15.8 Å². The van der Waals surface area contributed by atoms with Crippen LogP contribution in [0.4, 0.5) is 0 Å². The average molecular weight is 367 g/mol. The van der Waals surface area contributed by atoms with Crippen LogP contribution in [0.25, 0.3) is 11.0 Å². The number of aromatic amines is 1. The van der Waals surface area contributed by atoms with Gasteiger partial charge in [-0.05, 0) is 38.8 Å². The van der Waals surface area contributed by atoms with Crippen molar-refractivity contribution in [3.8, 4) is 0 Å². The van der Waals surface area contributed by atoms with E-state index in [1.807, 2.05) is 25.1 Å². The van der Waals surface area contributed by atoms with Crippen LogP contribution in [-0.4, -0.2) is 22.6 Å². The number of amides is 2. The minimum absolute atomic E-state index is 0.110. The van der Waals surface area contributed by atoms with Crippen LogP contribution in [0.15, 0.2) is 28.7 Å². The molecule has 3 aromatic rings. The van der Waals surface area contributed by atoms with E-state index in [1.165, 1.54) is 6.92 Å². The fourth-order valence-electron chi connectivity index (χ4n) is 3.32. The van der Waals surface area contributed by atoms with E-state index in [0.29, 0.717) is 34.4 Å². The Morgan fingerprint density at radius 2 is 1.74 bits per heavy atom. The fraction of sp³-hybridized carbons (Fsp3) is 0.250. The van der Waals surface area contributed by atoms with Crippen LogP contribution in [0.1, 0.15) is 62.1 Å². The molecule has 0 atom stereocenters. The highest BCUT2D eigenvalue weighted by atomic mass is 16.3. The van der Waals surface area contributed by atoms with Crippen molar-refractivity contribution in [3.63, 3.8) is 0 Å². The highest BCUT2D eigenvalue weighted by molar-refractivity contribution is 6.04. The summed E-state index contributed by atoms with van der Waals surface area (Å²) in [5.74, 6) is -1.05. The van der Waals surface area contributed by atoms with E-state index < -0.39 is 11.8 Å². The van der Waals surface area contributed by atoms with Crippen molar-refractivity contribution in [2.75, 3.05) is 0 Å². The number of ketones is 1. The zero-order valence-corrected chi connectivity index (χ0v) is 15.6. The smallest absolute Gasteiger partial charge is 0.305 e. The normalized spacial score (nSPS) is 10.8. The molecule has 0 radical (unpaired) electrons. The van der Waals surface area contributed by atoms with Gasteiger partial charge in [0.25, 0.3) is 5.91 Å². The van der Waals surface area contributed by atoms with Gasteiger partial charge in [-0.1, -0.05) is 25.1 Å². The number of hydrogen-bond acceptors (Lipinski definition) is 4. The minimum atomic E-state index is -0.551. The topological polar surface area (TPSA) is 104 Å². The van der Waals surface area contributed by atoms with Crippen LogP contribution >= 0.6 is 0 Å². The lowest BCUT2D eigenvalue weighted by Gasteiger charge is -2.07. The van der Waals surface area contributed by atoms with E-state index in [-0.39, 0.29) is 17.2 Å². The zero-order chi connectivity index (χ0) is 19.7. The molecule has 0 bridgehead atoms. The van der Waals surface area contributed by atoms with Gasteiger partial charge in [0.05, 0.1) is 0 Å². The maximum atomic E-state index is 12.5. The van der Waals surface area contributed by atoms with Crippen molar-refractivity contribution in [1.29, 1.82) is 0 Å². The van der Waals surface area contributed by atoms with Gasteiger partial charge in [0.2, 0.25) is 0 Å². The molecule has 3 N–H and O–H groups in total. The first-order valence-corrected chi connectivity index (χ1v) is 8.66. The molecule has 7 nitrogen and oxygen atoms in total. The number of H-pyrrole nitrogens is 1. The van der Waals surface area contributed by atoms with Crippen molar-refractivity contribution >= 4 is 28.6 Å². The van der Waals surface area contributed by atoms with Gasteiger partial charge >= 0.3 is 5.91 Å². The monoisotopic (exact) mass is 367 g/mol. The third kappa shape index (κ3) is 3.23. The molecule has 0 spiro atoms. The van der Waals surface area contributed by atoms with Crippen LogP contribution < -0.4 is 10.9 Å². The Balaban J connectivity index is 1.79. The van der Waals surface area contributed by atoms with Gasteiger partial charge in [-0.2, -0.15) is 0 Å². The molecule has 0 fully saturated rings. The summed E-state index contributed by atoms with van der Waals surface area (Å²) in [6.45, 7) is 6.85. The lowest BCUT2D eigenvalue weighted by Crippen LogP contribution is -2.42. The maximum absolute atomic E-state index is 12.5. The minimum Gasteiger partial charge on any atom is -0.451 e. The van der Waals surface area contributed by atoms with E-state index in [2.05, 4.69) is 15.8 Å². The van der Waals surface area contributed by atoms with Gasteiger partial charge in [-0.3, -0.25) is 25.2 Å². The predicted octanol–water partition coefficient (Wildman–Crippen LogP) is 3.22. The average Bonchev–Trinajstić information content (AvgIpc) is 3.16. The predicted molar refractivity (Wildman–Crippen MR) is 101 cm³/mol. The number of para-hydroxylation sites is 1. The lowest BCUT2D eigenvalue weighted by atomic mass is 10.0. The summed E-state index contributed by atoms with van der Waals surface area (Å²) in [6.07, 6.45) is 0.513. The first-order valence-electron chi connectivity index (χ1n) is 8.66. The molecule has 0 aliphatic heterocycles. The van der Waals surface area contributed by atoms with Gasteiger partial charge in [-0.25, -0.2) is 0 Å². The second-order valence-corrected chi connectivity index (χ2v) is 6.35. The maximum Gasteiger partial charge on any atom is 0.305 e. The largest absolute Gasteiger partial charge is 0.451 e. The Morgan fingerprint density at radius 1 is 1.07 bits per heavy atom. The first-order chi connectivity index (χ1) is 12.8. The van der Waals surface area contributed by atoms with E-state index in [1.54, 1.807) is 19.9 Å². The van der Waals surface area contributed by atoms with Gasteiger partial charge < -0.3 is 9.40 Å². The number of Topliss-reactive ketones (excluding diaryl/α,β-unsaturated/α-hetero) is 1. The number of carbonyl (C=O) groups excluding carboxylic acids is 3. The number of aryl methyl sites for hydroxylation is 2. The molecule has 2 amide bonds. The highest BCUT2D eigenvalue weighted by Gasteiger charge is 2.23. The molecule has 3 rings (SSSR count). The van der Waals surface area contributed by atoms with Crippen molar-refractivity contribution < 1.29 is 18.8 Å². The summed E-state index contributed by atoms with van der Waals surface area (Å²) in [6, 6.07) is 7.32. The number of hydrazine groups is 1. The molecular weight excluding hydrogens is 346 g/mol. The van der Waals surface area contributed by atoms with Gasteiger partial charge in [0, 0.05) is 22.2 Å². The van der Waals surface area contributed by atoms with E-state index in [9.17, 15) is 14.4 Å². The SMILES string of the molecule is CCc1c(C(=O)NNC(=O)c2oc3ccccc3c2C)[nH]c(C)c1C(C)=O. The van der Waals surface area contributed by atoms with E-state index >= 15 is 0 Å². The molecule has 0 saturated heterocycles. The van der Waals surface area contributed by atoms with E-state index in [0.717, 1.165) is 5.39 Å². The molecule has 0 aliphatic carbocycles. The molecule has 0 unspecified atom stereocenters. The van der Waals surface area contributed by atoms with Crippen LogP contribution in [0.5, 0.6) is 0 Å². The number of hydrogen-bond donors (Lipinski definition) is 3. The van der Waals surface area contributed by atoms with Gasteiger partial charge in [-0.15, -0.1) is 0 Å². The third-order valence-corrected chi connectivity index (χ3v) is 4.56. The Hall–Kier alpha value is -3.35. The second-order valence-electron chi connectivity index (χ2n) is 6.35. The van der Waals surface area contributed by atoms with Crippen LogP contribution in [-0.2, 0) is 6.42 Å². The molecule has 27 heavy (non-hydrogen) atoms. The summed E-state index contributed by atoms with van der Waals surface area (Å²) >= 11 is 0.